The number of hydrogen-bond donors (Lipinski definition) is 2. The van der Waals surface area contributed by atoms with Crippen LogP contribution in [0.3, 0.4) is 0 Å². The van der Waals surface area contributed by atoms with Crippen molar-refractivity contribution in [3.63, 3.8) is 0 Å². The van der Waals surface area contributed by atoms with Gasteiger partial charge in [0.2, 0.25) is 18.6 Å². The molecule has 0 bridgehead atoms. The lowest BCUT2D eigenvalue weighted by atomic mass is 10.1. The van der Waals surface area contributed by atoms with Crippen LogP contribution in [0.15, 0.2) is 42.5 Å². The van der Waals surface area contributed by atoms with Crippen molar-refractivity contribution in [1.82, 2.24) is 9.80 Å². The Labute approximate surface area is 186 Å². The third kappa shape index (κ3) is 4.67. The lowest BCUT2D eigenvalue weighted by Gasteiger charge is -2.25. The van der Waals surface area contributed by atoms with E-state index in [-0.39, 0.29) is 37.1 Å². The zero-order valence-electron chi connectivity index (χ0n) is 18.1. The van der Waals surface area contributed by atoms with Crippen LogP contribution in [0.5, 0.6) is 11.5 Å². The van der Waals surface area contributed by atoms with Crippen LogP contribution in [-0.4, -0.2) is 67.5 Å². The van der Waals surface area contributed by atoms with Gasteiger partial charge in [0, 0.05) is 25.8 Å². The number of fused-ring (bicyclic) bond motifs is 1. The number of carbonyl (C=O) groups excluding carboxylic acids is 3. The van der Waals surface area contributed by atoms with Gasteiger partial charge in [0.25, 0.3) is 5.91 Å². The van der Waals surface area contributed by atoms with Crippen molar-refractivity contribution in [2.24, 2.45) is 0 Å². The van der Waals surface area contributed by atoms with Crippen molar-refractivity contribution in [3.8, 4) is 11.5 Å². The predicted molar refractivity (Wildman–Crippen MR) is 119 cm³/mol. The molecular weight excluding hydrogens is 412 g/mol. The normalized spacial score (nSPS) is 17.1. The number of likely N-dealkylation sites (tertiary alicyclic amines) is 1. The van der Waals surface area contributed by atoms with Gasteiger partial charge in [-0.25, -0.2) is 0 Å². The van der Waals surface area contributed by atoms with E-state index in [0.717, 1.165) is 12.8 Å². The Hall–Kier alpha value is -3.59. The van der Waals surface area contributed by atoms with E-state index in [9.17, 15) is 14.4 Å². The van der Waals surface area contributed by atoms with E-state index in [1.165, 1.54) is 0 Å². The monoisotopic (exact) mass is 438 g/mol. The Bertz CT molecular complexity index is 1040. The van der Waals surface area contributed by atoms with Gasteiger partial charge >= 0.3 is 0 Å². The van der Waals surface area contributed by atoms with E-state index in [1.807, 2.05) is 4.90 Å². The van der Waals surface area contributed by atoms with Crippen molar-refractivity contribution < 1.29 is 23.9 Å². The Morgan fingerprint density at radius 2 is 1.84 bits per heavy atom. The molecule has 0 aromatic heterocycles. The Morgan fingerprint density at radius 3 is 2.66 bits per heavy atom. The molecule has 0 spiro atoms. The second-order valence-corrected chi connectivity index (χ2v) is 7.98. The largest absolute Gasteiger partial charge is 0.454 e. The maximum Gasteiger partial charge on any atom is 0.257 e. The van der Waals surface area contributed by atoms with Crippen LogP contribution in [0, 0.1) is 0 Å². The van der Waals surface area contributed by atoms with E-state index in [1.54, 1.807) is 61.5 Å². The molecule has 0 aliphatic carbocycles. The summed E-state index contributed by atoms with van der Waals surface area (Å²) in [5, 5.41) is 5.65. The summed E-state index contributed by atoms with van der Waals surface area (Å²) < 4.78 is 10.6. The Kier molecular flexibility index (Phi) is 6.27. The molecule has 9 heteroatoms. The van der Waals surface area contributed by atoms with E-state index in [4.69, 9.17) is 9.47 Å². The molecule has 2 N–H and O–H groups in total. The van der Waals surface area contributed by atoms with Crippen LogP contribution >= 0.6 is 0 Å². The molecule has 9 nitrogen and oxygen atoms in total. The summed E-state index contributed by atoms with van der Waals surface area (Å²) in [7, 11) is 3.43. The molecule has 2 aromatic carbocycles. The summed E-state index contributed by atoms with van der Waals surface area (Å²) in [6.07, 6.45) is 1.60. The molecule has 2 heterocycles. The molecule has 4 rings (SSSR count). The summed E-state index contributed by atoms with van der Waals surface area (Å²) in [6, 6.07) is 11.7. The molecule has 2 aromatic rings. The number of anilines is 2. The van der Waals surface area contributed by atoms with Crippen molar-refractivity contribution in [2.75, 3.05) is 44.6 Å². The summed E-state index contributed by atoms with van der Waals surface area (Å²) in [4.78, 5) is 41.4. The van der Waals surface area contributed by atoms with Crippen LogP contribution in [0.2, 0.25) is 0 Å². The fraction of sp³-hybridized carbons (Fsp3) is 0.348. The van der Waals surface area contributed by atoms with Gasteiger partial charge in [0.1, 0.15) is 0 Å². The summed E-state index contributed by atoms with van der Waals surface area (Å²) >= 11 is 0. The molecule has 1 unspecified atom stereocenters. The van der Waals surface area contributed by atoms with Crippen LogP contribution in [-0.2, 0) is 9.59 Å². The Balaban J connectivity index is 1.42. The first-order valence-corrected chi connectivity index (χ1v) is 10.5. The van der Waals surface area contributed by atoms with E-state index >= 15 is 0 Å². The first-order valence-electron chi connectivity index (χ1n) is 10.5. The minimum absolute atomic E-state index is 0.00111. The van der Waals surface area contributed by atoms with Gasteiger partial charge in [-0.05, 0) is 43.7 Å². The van der Waals surface area contributed by atoms with E-state index in [0.29, 0.717) is 35.0 Å². The number of likely N-dealkylation sites (N-methyl/N-ethyl adjacent to an activating group) is 1. The number of benzene rings is 2. The quantitative estimate of drug-likeness (QED) is 0.717. The molecule has 32 heavy (non-hydrogen) atoms. The first-order chi connectivity index (χ1) is 15.4. The minimum Gasteiger partial charge on any atom is -0.454 e. The van der Waals surface area contributed by atoms with Crippen molar-refractivity contribution >= 4 is 29.1 Å². The van der Waals surface area contributed by atoms with Crippen molar-refractivity contribution in [2.45, 2.75) is 18.9 Å². The predicted octanol–water partition coefficient (Wildman–Crippen LogP) is 2.16. The molecule has 0 radical (unpaired) electrons. The fourth-order valence-corrected chi connectivity index (χ4v) is 3.93. The zero-order chi connectivity index (χ0) is 22.7. The second-order valence-electron chi connectivity index (χ2n) is 7.98. The third-order valence-corrected chi connectivity index (χ3v) is 5.51. The zero-order valence-corrected chi connectivity index (χ0v) is 18.1. The van der Waals surface area contributed by atoms with Crippen LogP contribution in [0.25, 0.3) is 0 Å². The maximum atomic E-state index is 12.9. The molecule has 2 aliphatic heterocycles. The first kappa shape index (κ1) is 21.6. The van der Waals surface area contributed by atoms with Crippen molar-refractivity contribution in [3.05, 3.63) is 48.0 Å². The van der Waals surface area contributed by atoms with E-state index < -0.39 is 0 Å². The number of para-hydroxylation sites is 1. The van der Waals surface area contributed by atoms with Crippen LogP contribution in [0.4, 0.5) is 11.4 Å². The van der Waals surface area contributed by atoms with Crippen LogP contribution in [0.1, 0.15) is 23.2 Å². The molecule has 168 valence electrons. The molecule has 1 saturated heterocycles. The topological polar surface area (TPSA) is 100 Å². The van der Waals surface area contributed by atoms with Gasteiger partial charge in [-0.15, -0.1) is 0 Å². The number of ether oxygens (including phenoxy) is 2. The number of hydrogen-bond acceptors (Lipinski definition) is 6. The van der Waals surface area contributed by atoms with Crippen LogP contribution < -0.4 is 20.1 Å². The molecular formula is C23H26N4O5. The molecule has 1 fully saturated rings. The summed E-state index contributed by atoms with van der Waals surface area (Å²) in [6.45, 7) is 0.923. The van der Waals surface area contributed by atoms with Gasteiger partial charge in [-0.3, -0.25) is 19.3 Å². The van der Waals surface area contributed by atoms with Gasteiger partial charge in [-0.2, -0.15) is 0 Å². The molecule has 0 saturated carbocycles. The number of nitrogens with one attached hydrogen (secondary N) is 2. The molecule has 3 amide bonds. The highest BCUT2D eigenvalue weighted by Gasteiger charge is 2.32. The number of carbonyl (C=O) groups is 3. The lowest BCUT2D eigenvalue weighted by Crippen LogP contribution is -2.45. The minimum atomic E-state index is -0.360. The highest BCUT2D eigenvalue weighted by atomic mass is 16.7. The number of nitrogens with zero attached hydrogens (tertiary/aromatic N) is 2. The summed E-state index contributed by atoms with van der Waals surface area (Å²) in [5.74, 6) is 0.563. The average molecular weight is 438 g/mol. The lowest BCUT2D eigenvalue weighted by molar-refractivity contribution is -0.133. The maximum absolute atomic E-state index is 12.9. The van der Waals surface area contributed by atoms with Gasteiger partial charge in [0.15, 0.2) is 11.5 Å². The van der Waals surface area contributed by atoms with E-state index in [2.05, 4.69) is 10.6 Å². The third-order valence-electron chi connectivity index (χ3n) is 5.51. The SMILES string of the molecule is CN(C)C(=O)C1CCCN1CC(=O)Nc1ccccc1C(=O)Nc1ccc2c(c1)OCO2. The average Bonchev–Trinajstić information content (AvgIpc) is 3.42. The van der Waals surface area contributed by atoms with Gasteiger partial charge in [-0.1, -0.05) is 12.1 Å². The molecule has 1 atom stereocenters. The number of rotatable bonds is 6. The van der Waals surface area contributed by atoms with Gasteiger partial charge in [0.05, 0.1) is 23.8 Å². The highest BCUT2D eigenvalue weighted by molar-refractivity contribution is 6.10. The van der Waals surface area contributed by atoms with Crippen molar-refractivity contribution in [1.29, 1.82) is 0 Å². The number of amides is 3. The summed E-state index contributed by atoms with van der Waals surface area (Å²) in [5.41, 5.74) is 1.30. The standard InChI is InChI=1S/C23H26N4O5/c1-26(2)23(30)18-8-5-11-27(18)13-21(28)25-17-7-4-3-6-16(17)22(29)24-15-9-10-19-20(12-15)32-14-31-19/h3-4,6-7,9-10,12,18H,5,8,11,13-14H2,1-2H3,(H,24,29)(H,25,28). The molecule has 2 aliphatic rings. The van der Waals surface area contributed by atoms with Gasteiger partial charge < -0.3 is 25.0 Å². The smallest absolute Gasteiger partial charge is 0.257 e. The second kappa shape index (κ2) is 9.27. The fourth-order valence-electron chi connectivity index (χ4n) is 3.93. The highest BCUT2D eigenvalue weighted by Crippen LogP contribution is 2.34. The Morgan fingerprint density at radius 1 is 1.06 bits per heavy atom.